The van der Waals surface area contributed by atoms with Crippen molar-refractivity contribution in [2.45, 2.75) is 6.04 Å². The minimum absolute atomic E-state index is 0.0802. The van der Waals surface area contributed by atoms with E-state index in [4.69, 9.17) is 10.6 Å². The van der Waals surface area contributed by atoms with Gasteiger partial charge in [0, 0.05) is 16.5 Å². The predicted octanol–water partition coefficient (Wildman–Crippen LogP) is 2.68. The van der Waals surface area contributed by atoms with Crippen LogP contribution in [0.25, 0.3) is 10.4 Å². The molecule has 0 radical (unpaired) electrons. The molecule has 1 N–H and O–H groups in total. The smallest absolute Gasteiger partial charge is 0.317 e. The molecule has 0 spiro atoms. The summed E-state index contributed by atoms with van der Waals surface area (Å²) in [6, 6.07) is -2.46. The number of halogens is 4. The second-order valence-corrected chi connectivity index (χ2v) is 2.83. The van der Waals surface area contributed by atoms with Crippen molar-refractivity contribution in [3.63, 3.8) is 0 Å². The highest BCUT2D eigenvalue weighted by molar-refractivity contribution is 5.75. The maximum absolute atomic E-state index is 13.1. The molecule has 0 amide bonds. The summed E-state index contributed by atoms with van der Waals surface area (Å²) in [5.74, 6) is -9.32. The van der Waals surface area contributed by atoms with Crippen molar-refractivity contribution >= 4 is 5.97 Å². The normalized spacial score (nSPS) is 11.8. The van der Waals surface area contributed by atoms with Crippen LogP contribution < -0.4 is 0 Å². The highest BCUT2D eigenvalue weighted by atomic mass is 19.2. The fourth-order valence-electron chi connectivity index (χ4n) is 1.11. The van der Waals surface area contributed by atoms with Crippen LogP contribution in [0.3, 0.4) is 0 Å². The molecule has 0 aliphatic rings. The van der Waals surface area contributed by atoms with E-state index >= 15 is 0 Å². The molecule has 1 atom stereocenters. The molecule has 0 aromatic heterocycles. The molecule has 0 aliphatic heterocycles. The largest absolute Gasteiger partial charge is 0.481 e. The van der Waals surface area contributed by atoms with Gasteiger partial charge in [-0.3, -0.25) is 4.79 Å². The number of aliphatic carboxylic acids is 1. The Labute approximate surface area is 90.9 Å². The van der Waals surface area contributed by atoms with Crippen LogP contribution in [0.1, 0.15) is 11.6 Å². The van der Waals surface area contributed by atoms with Crippen molar-refractivity contribution < 1.29 is 27.5 Å². The van der Waals surface area contributed by atoms with E-state index in [1.165, 1.54) is 0 Å². The quantitative estimate of drug-likeness (QED) is 0.293. The zero-order chi connectivity index (χ0) is 13.2. The third kappa shape index (κ3) is 2.28. The molecule has 5 nitrogen and oxygen atoms in total. The average molecular weight is 249 g/mol. The molecule has 1 aromatic rings. The van der Waals surface area contributed by atoms with E-state index in [0.717, 1.165) is 0 Å². The lowest BCUT2D eigenvalue weighted by molar-refractivity contribution is -0.138. The summed E-state index contributed by atoms with van der Waals surface area (Å²) in [4.78, 5) is 12.6. The summed E-state index contributed by atoms with van der Waals surface area (Å²) in [6.07, 6.45) is 0. The Kier molecular flexibility index (Phi) is 3.54. The lowest BCUT2D eigenvalue weighted by Crippen LogP contribution is -2.14. The molecule has 0 bridgehead atoms. The lowest BCUT2D eigenvalue weighted by atomic mass is 10.1. The van der Waals surface area contributed by atoms with Crippen molar-refractivity contribution in [2.24, 2.45) is 5.11 Å². The van der Waals surface area contributed by atoms with Crippen LogP contribution in [0.4, 0.5) is 17.6 Å². The zero-order valence-electron chi connectivity index (χ0n) is 7.86. The number of hydrogen-bond acceptors (Lipinski definition) is 2. The first-order valence-electron chi connectivity index (χ1n) is 4.00. The minimum Gasteiger partial charge on any atom is -0.481 e. The summed E-state index contributed by atoms with van der Waals surface area (Å²) in [5.41, 5.74) is 6.55. The van der Waals surface area contributed by atoms with Crippen molar-refractivity contribution in [3.05, 3.63) is 45.3 Å². The van der Waals surface area contributed by atoms with Crippen molar-refractivity contribution in [1.29, 1.82) is 0 Å². The van der Waals surface area contributed by atoms with Crippen LogP contribution in [-0.4, -0.2) is 11.1 Å². The van der Waals surface area contributed by atoms with E-state index in [-0.39, 0.29) is 6.07 Å². The van der Waals surface area contributed by atoms with Gasteiger partial charge in [0.1, 0.15) is 0 Å². The fourth-order valence-corrected chi connectivity index (χ4v) is 1.11. The Balaban J connectivity index is 3.57. The van der Waals surface area contributed by atoms with Crippen LogP contribution in [-0.2, 0) is 4.79 Å². The molecule has 1 aromatic carbocycles. The van der Waals surface area contributed by atoms with E-state index in [1.54, 1.807) is 0 Å². The summed E-state index contributed by atoms with van der Waals surface area (Å²) >= 11 is 0. The molecule has 9 heteroatoms. The number of nitrogens with zero attached hydrogens (tertiary/aromatic N) is 3. The van der Waals surface area contributed by atoms with Gasteiger partial charge in [-0.25, -0.2) is 17.6 Å². The van der Waals surface area contributed by atoms with Gasteiger partial charge < -0.3 is 5.11 Å². The zero-order valence-corrected chi connectivity index (χ0v) is 7.86. The highest BCUT2D eigenvalue weighted by Gasteiger charge is 2.30. The van der Waals surface area contributed by atoms with Crippen LogP contribution in [0.5, 0.6) is 0 Å². The second kappa shape index (κ2) is 4.71. The summed E-state index contributed by atoms with van der Waals surface area (Å²) < 4.78 is 51.8. The second-order valence-electron chi connectivity index (χ2n) is 2.83. The number of hydrogen-bond donors (Lipinski definition) is 1. The van der Waals surface area contributed by atoms with E-state index in [0.29, 0.717) is 0 Å². The van der Waals surface area contributed by atoms with Gasteiger partial charge in [0.25, 0.3) is 0 Å². The molecule has 0 heterocycles. The van der Waals surface area contributed by atoms with Gasteiger partial charge in [0.15, 0.2) is 29.3 Å². The predicted molar refractivity (Wildman–Crippen MR) is 45.8 cm³/mol. The summed E-state index contributed by atoms with van der Waals surface area (Å²) in [5, 5.41) is 11.1. The Morgan fingerprint density at radius 2 is 1.76 bits per heavy atom. The summed E-state index contributed by atoms with van der Waals surface area (Å²) in [6.45, 7) is 0. The number of carboxylic acid groups (broad SMARTS) is 1. The first-order chi connectivity index (χ1) is 7.90. The van der Waals surface area contributed by atoms with Gasteiger partial charge in [0.05, 0.1) is 0 Å². The molecular weight excluding hydrogens is 246 g/mol. The Morgan fingerprint density at radius 3 is 2.12 bits per heavy atom. The SMILES string of the molecule is [N-]=[N+]=NC(C(=O)O)c1c(F)c(F)cc(F)c1F. The van der Waals surface area contributed by atoms with Gasteiger partial charge in [-0.05, 0) is 5.53 Å². The first kappa shape index (κ1) is 12.8. The highest BCUT2D eigenvalue weighted by Crippen LogP contribution is 2.28. The standard InChI is InChI=1S/C8H3F4N3O2/c9-2-1-3(10)6(12)4(5(2)11)7(8(16)17)14-15-13/h1,7H,(H,16,17). The Bertz CT molecular complexity index is 500. The Hall–Kier alpha value is -2.28. The van der Waals surface area contributed by atoms with Crippen LogP contribution in [0, 0.1) is 23.3 Å². The monoisotopic (exact) mass is 249 g/mol. The molecular formula is C8H3F4N3O2. The number of carboxylic acids is 1. The average Bonchev–Trinajstić information content (AvgIpc) is 2.25. The first-order valence-corrected chi connectivity index (χ1v) is 4.00. The molecule has 0 fully saturated rings. The number of rotatable bonds is 3. The Morgan fingerprint density at radius 1 is 1.29 bits per heavy atom. The topological polar surface area (TPSA) is 86.1 Å². The van der Waals surface area contributed by atoms with Crippen molar-refractivity contribution in [3.8, 4) is 0 Å². The van der Waals surface area contributed by atoms with Gasteiger partial charge >= 0.3 is 5.97 Å². The number of azide groups is 1. The van der Waals surface area contributed by atoms with Gasteiger partial charge in [-0.1, -0.05) is 5.11 Å². The van der Waals surface area contributed by atoms with Crippen molar-refractivity contribution in [1.82, 2.24) is 0 Å². The van der Waals surface area contributed by atoms with E-state index in [2.05, 4.69) is 5.11 Å². The lowest BCUT2D eigenvalue weighted by Gasteiger charge is -2.10. The van der Waals surface area contributed by atoms with Crippen LogP contribution >= 0.6 is 0 Å². The molecule has 0 aliphatic carbocycles. The van der Waals surface area contributed by atoms with E-state index < -0.39 is 40.8 Å². The van der Waals surface area contributed by atoms with Crippen molar-refractivity contribution in [2.75, 3.05) is 0 Å². The molecule has 1 unspecified atom stereocenters. The maximum Gasteiger partial charge on any atom is 0.317 e. The number of carbonyl (C=O) groups is 1. The molecule has 90 valence electrons. The third-order valence-electron chi connectivity index (χ3n) is 1.82. The fraction of sp³-hybridized carbons (Fsp3) is 0.125. The minimum atomic E-state index is -2.38. The molecule has 0 saturated carbocycles. The van der Waals surface area contributed by atoms with Crippen LogP contribution in [0.2, 0.25) is 0 Å². The van der Waals surface area contributed by atoms with Gasteiger partial charge in [0.2, 0.25) is 0 Å². The summed E-state index contributed by atoms with van der Waals surface area (Å²) in [7, 11) is 0. The van der Waals surface area contributed by atoms with E-state index in [9.17, 15) is 22.4 Å². The van der Waals surface area contributed by atoms with Gasteiger partial charge in [-0.2, -0.15) is 0 Å². The molecule has 0 saturated heterocycles. The third-order valence-corrected chi connectivity index (χ3v) is 1.82. The van der Waals surface area contributed by atoms with Gasteiger partial charge in [-0.15, -0.1) is 0 Å². The van der Waals surface area contributed by atoms with E-state index in [1.807, 2.05) is 4.91 Å². The maximum atomic E-state index is 13.1. The van der Waals surface area contributed by atoms with Crippen LogP contribution in [0.15, 0.2) is 11.2 Å². The molecule has 1 rings (SSSR count). The molecule has 17 heavy (non-hydrogen) atoms. The number of benzene rings is 1.